The molecule has 0 heterocycles. The summed E-state index contributed by atoms with van der Waals surface area (Å²) in [6.07, 6.45) is 26.7. The Labute approximate surface area is 289 Å². The summed E-state index contributed by atoms with van der Waals surface area (Å²) >= 11 is 0. The third-order valence-electron chi connectivity index (χ3n) is 8.28. The molecular weight excluding hydrogens is 617 g/mol. The molecule has 0 aromatic heterocycles. The van der Waals surface area contributed by atoms with Crippen molar-refractivity contribution in [1.82, 2.24) is 0 Å². The maximum absolute atomic E-state index is 12.6. The molecule has 0 fully saturated rings. The summed E-state index contributed by atoms with van der Waals surface area (Å²) in [5.74, 6) is -0.807. The molecule has 2 atom stereocenters. The Kier molecular flexibility index (Phi) is 30.4. The van der Waals surface area contributed by atoms with E-state index >= 15 is 0 Å². The fourth-order valence-corrected chi connectivity index (χ4v) is 5.98. The van der Waals surface area contributed by atoms with Gasteiger partial charge in [-0.2, -0.15) is 6.42 Å². The van der Waals surface area contributed by atoms with Gasteiger partial charge in [0.1, 0.15) is 19.8 Å². The van der Waals surface area contributed by atoms with Gasteiger partial charge < -0.3 is 25.8 Å². The SMILES string of the molecule is [CH2-]CCCCCCCCCC(=O)OC[C@H](COP(=O)(O)OCC[N+](C)(C)C)OC(=O)CCCCCCCCCCCCCCCCC. The van der Waals surface area contributed by atoms with Gasteiger partial charge in [0.15, 0.2) is 6.10 Å². The van der Waals surface area contributed by atoms with Gasteiger partial charge >= 0.3 is 19.8 Å². The van der Waals surface area contributed by atoms with Crippen molar-refractivity contribution in [1.29, 1.82) is 0 Å². The number of phosphoric acid groups is 1. The maximum Gasteiger partial charge on any atom is 0.472 e. The minimum atomic E-state index is -4.36. The number of likely N-dealkylation sites (N-methyl/N-ethyl adjacent to an activating group) is 1. The van der Waals surface area contributed by atoms with E-state index in [1.807, 2.05) is 21.1 Å². The van der Waals surface area contributed by atoms with Crippen LogP contribution in [0.4, 0.5) is 0 Å². The molecule has 0 bridgehead atoms. The van der Waals surface area contributed by atoms with Crippen molar-refractivity contribution < 1.29 is 42.1 Å². The summed E-state index contributed by atoms with van der Waals surface area (Å²) in [6, 6.07) is 0. The van der Waals surface area contributed by atoms with Crippen molar-refractivity contribution in [3.8, 4) is 0 Å². The molecule has 9 nitrogen and oxygen atoms in total. The maximum atomic E-state index is 12.6. The lowest BCUT2D eigenvalue weighted by Crippen LogP contribution is -2.37. The first-order valence-corrected chi connectivity index (χ1v) is 20.5. The van der Waals surface area contributed by atoms with Gasteiger partial charge in [-0.05, 0) is 12.8 Å². The Hall–Kier alpha value is -0.990. The van der Waals surface area contributed by atoms with Crippen molar-refractivity contribution in [2.45, 2.75) is 174 Å². The van der Waals surface area contributed by atoms with Crippen molar-refractivity contribution >= 4 is 19.8 Å². The molecule has 0 aromatic rings. The highest BCUT2D eigenvalue weighted by molar-refractivity contribution is 7.47. The summed E-state index contributed by atoms with van der Waals surface area (Å²) in [4.78, 5) is 35.0. The monoisotopic (exact) mass is 692 g/mol. The molecule has 1 unspecified atom stereocenters. The lowest BCUT2D eigenvalue weighted by atomic mass is 10.0. The van der Waals surface area contributed by atoms with Crippen molar-refractivity contribution in [3.63, 3.8) is 0 Å². The van der Waals surface area contributed by atoms with Gasteiger partial charge in [0.2, 0.25) is 0 Å². The van der Waals surface area contributed by atoms with Crippen LogP contribution in [0.25, 0.3) is 0 Å². The number of nitrogens with zero attached hydrogens (tertiary/aromatic N) is 1. The molecule has 280 valence electrons. The van der Waals surface area contributed by atoms with E-state index in [0.717, 1.165) is 51.4 Å². The molecule has 47 heavy (non-hydrogen) atoms. The van der Waals surface area contributed by atoms with Crippen LogP contribution in [0.15, 0.2) is 0 Å². The average molecular weight is 692 g/mol. The fraction of sp³-hybridized carbons (Fsp3) is 0.919. The van der Waals surface area contributed by atoms with E-state index in [4.69, 9.17) is 18.5 Å². The minimum Gasteiger partial charge on any atom is -0.462 e. The Bertz CT molecular complexity index is 789. The molecule has 0 saturated heterocycles. The van der Waals surface area contributed by atoms with E-state index < -0.39 is 26.5 Å². The predicted octanol–water partition coefficient (Wildman–Crippen LogP) is 9.89. The molecule has 0 aliphatic heterocycles. The average Bonchev–Trinajstić information content (AvgIpc) is 3.01. The van der Waals surface area contributed by atoms with Gasteiger partial charge in [-0.1, -0.05) is 135 Å². The van der Waals surface area contributed by atoms with E-state index in [2.05, 4.69) is 13.8 Å². The molecular formula is C37H74NO8P. The first-order chi connectivity index (χ1) is 22.5. The first kappa shape index (κ1) is 46.0. The summed E-state index contributed by atoms with van der Waals surface area (Å²) in [7, 11) is 1.48. The molecule has 0 rings (SSSR count). The van der Waals surface area contributed by atoms with Crippen LogP contribution < -0.4 is 0 Å². The first-order valence-electron chi connectivity index (χ1n) is 19.1. The number of hydrogen-bond acceptors (Lipinski definition) is 7. The van der Waals surface area contributed by atoms with Crippen LogP contribution in [0, 0.1) is 6.92 Å². The molecule has 0 spiro atoms. The summed E-state index contributed by atoms with van der Waals surface area (Å²) < 4.78 is 34.1. The molecule has 0 saturated carbocycles. The highest BCUT2D eigenvalue weighted by Crippen LogP contribution is 2.43. The highest BCUT2D eigenvalue weighted by Gasteiger charge is 2.27. The normalized spacial score (nSPS) is 13.7. The number of ether oxygens (including phenoxy) is 2. The number of rotatable bonds is 35. The van der Waals surface area contributed by atoms with Crippen LogP contribution in [-0.2, 0) is 32.7 Å². The number of carbonyl (C=O) groups excluding carboxylic acids is 2. The van der Waals surface area contributed by atoms with Crippen LogP contribution in [0.2, 0.25) is 0 Å². The highest BCUT2D eigenvalue weighted by atomic mass is 31.2. The van der Waals surface area contributed by atoms with Crippen LogP contribution in [-0.4, -0.2) is 74.9 Å². The Morgan fingerprint density at radius 3 is 1.51 bits per heavy atom. The lowest BCUT2D eigenvalue weighted by molar-refractivity contribution is -0.870. The minimum absolute atomic E-state index is 0.0335. The quantitative estimate of drug-likeness (QED) is 0.0230. The molecule has 1 N–H and O–H groups in total. The van der Waals surface area contributed by atoms with Crippen LogP contribution in [0.1, 0.15) is 167 Å². The van der Waals surface area contributed by atoms with Gasteiger partial charge in [-0.3, -0.25) is 18.6 Å². The molecule has 0 radical (unpaired) electrons. The van der Waals surface area contributed by atoms with Gasteiger partial charge in [0, 0.05) is 12.8 Å². The topological polar surface area (TPSA) is 108 Å². The number of quaternary nitrogens is 1. The van der Waals surface area contributed by atoms with Crippen LogP contribution in [0.3, 0.4) is 0 Å². The van der Waals surface area contributed by atoms with E-state index in [0.29, 0.717) is 17.4 Å². The second-order valence-electron chi connectivity index (χ2n) is 14.2. The van der Waals surface area contributed by atoms with E-state index in [1.165, 1.54) is 89.9 Å². The largest absolute Gasteiger partial charge is 0.472 e. The third kappa shape index (κ3) is 34.7. The smallest absolute Gasteiger partial charge is 0.462 e. The summed E-state index contributed by atoms with van der Waals surface area (Å²) in [5.41, 5.74) is 0. The second-order valence-corrected chi connectivity index (χ2v) is 15.6. The Morgan fingerprint density at radius 1 is 0.638 bits per heavy atom. The van der Waals surface area contributed by atoms with E-state index in [-0.39, 0.29) is 32.0 Å². The lowest BCUT2D eigenvalue weighted by Gasteiger charge is -2.24. The molecule has 0 amide bonds. The Morgan fingerprint density at radius 2 is 1.06 bits per heavy atom. The van der Waals surface area contributed by atoms with Gasteiger partial charge in [-0.25, -0.2) is 4.57 Å². The van der Waals surface area contributed by atoms with Crippen molar-refractivity contribution in [3.05, 3.63) is 6.92 Å². The van der Waals surface area contributed by atoms with Crippen LogP contribution >= 0.6 is 7.82 Å². The van der Waals surface area contributed by atoms with Gasteiger partial charge in [-0.15, -0.1) is 0 Å². The van der Waals surface area contributed by atoms with Gasteiger partial charge in [0.05, 0.1) is 27.7 Å². The zero-order valence-corrected chi connectivity index (χ0v) is 31.9. The fourth-order valence-electron chi connectivity index (χ4n) is 5.23. The number of unbranched alkanes of at least 4 members (excludes halogenated alkanes) is 21. The predicted molar refractivity (Wildman–Crippen MR) is 192 cm³/mol. The zero-order chi connectivity index (χ0) is 35.1. The molecule has 10 heteroatoms. The number of esters is 2. The van der Waals surface area contributed by atoms with Crippen molar-refractivity contribution in [2.24, 2.45) is 0 Å². The third-order valence-corrected chi connectivity index (χ3v) is 9.27. The number of hydrogen-bond donors (Lipinski definition) is 1. The molecule has 0 aromatic carbocycles. The summed E-state index contributed by atoms with van der Waals surface area (Å²) in [6.45, 7) is 6.04. The number of carbonyl (C=O) groups is 2. The Balaban J connectivity index is 4.36. The second kappa shape index (κ2) is 31.0. The zero-order valence-electron chi connectivity index (χ0n) is 31.0. The van der Waals surface area contributed by atoms with Crippen LogP contribution in [0.5, 0.6) is 0 Å². The molecule has 0 aliphatic rings. The van der Waals surface area contributed by atoms with Gasteiger partial charge in [0.25, 0.3) is 0 Å². The van der Waals surface area contributed by atoms with E-state index in [1.54, 1.807) is 0 Å². The van der Waals surface area contributed by atoms with Crippen molar-refractivity contribution in [2.75, 3.05) is 47.5 Å². The number of phosphoric ester groups is 1. The summed E-state index contributed by atoms with van der Waals surface area (Å²) in [5, 5.41) is 0. The van der Waals surface area contributed by atoms with E-state index in [9.17, 15) is 19.0 Å². The molecule has 0 aliphatic carbocycles. The standard InChI is InChI=1S/C37H74NO8P/c1-6-8-10-12-14-16-17-18-19-20-21-22-24-26-28-30-37(40)46-35(34-45-47(41,42)44-32-31-38(3,4)5)33-43-36(39)29-27-25-23-15-13-11-9-7-2/h35H,2,6-34H2,1,3-5H3,(H,41,42)/t35-/m1/s1.